The van der Waals surface area contributed by atoms with Gasteiger partial charge in [0.25, 0.3) is 0 Å². The van der Waals surface area contributed by atoms with Crippen LogP contribution >= 0.6 is 0 Å². The average Bonchev–Trinajstić information content (AvgIpc) is 2.66. The molecule has 0 aromatic heterocycles. The molecule has 2 saturated carbocycles. The van der Waals surface area contributed by atoms with E-state index in [0.29, 0.717) is 11.8 Å². The fourth-order valence-electron chi connectivity index (χ4n) is 3.57. The van der Waals surface area contributed by atoms with Gasteiger partial charge in [-0.1, -0.05) is 13.8 Å². The summed E-state index contributed by atoms with van der Waals surface area (Å²) >= 11 is 0. The van der Waals surface area contributed by atoms with Crippen LogP contribution < -0.4 is 5.73 Å². The normalized spacial score (nSPS) is 46.9. The van der Waals surface area contributed by atoms with Crippen LogP contribution in [0.15, 0.2) is 0 Å². The Hall–Kier alpha value is -0.570. The molecule has 2 aliphatic carbocycles. The summed E-state index contributed by atoms with van der Waals surface area (Å²) < 4.78 is 4.90. The lowest BCUT2D eigenvalue weighted by atomic mass is 9.74. The van der Waals surface area contributed by atoms with Crippen LogP contribution in [0.5, 0.6) is 0 Å². The van der Waals surface area contributed by atoms with Gasteiger partial charge in [-0.2, -0.15) is 0 Å². The van der Waals surface area contributed by atoms with Crippen LogP contribution in [0.2, 0.25) is 0 Å². The number of nitrogens with two attached hydrogens (primary N) is 1. The summed E-state index contributed by atoms with van der Waals surface area (Å²) in [5.41, 5.74) is 6.12. The van der Waals surface area contributed by atoms with E-state index in [1.807, 2.05) is 6.92 Å². The Morgan fingerprint density at radius 1 is 1.40 bits per heavy atom. The Kier molecular flexibility index (Phi) is 2.16. The Labute approximate surface area is 91.4 Å². The largest absolute Gasteiger partial charge is 0.469 e. The first-order valence-corrected chi connectivity index (χ1v) is 5.69. The third kappa shape index (κ3) is 1.40. The maximum atomic E-state index is 11.8. The minimum atomic E-state index is -0.387. The molecule has 0 unspecified atom stereocenters. The molecule has 2 aliphatic rings. The Morgan fingerprint density at radius 3 is 2.53 bits per heavy atom. The number of carbonyl (C=O) groups excluding carboxylic acids is 1. The smallest absolute Gasteiger partial charge is 0.310 e. The molecule has 0 radical (unpaired) electrons. The first-order valence-electron chi connectivity index (χ1n) is 5.69. The van der Waals surface area contributed by atoms with Crippen molar-refractivity contribution in [1.29, 1.82) is 0 Å². The number of rotatable bonds is 1. The molecule has 0 aliphatic heterocycles. The van der Waals surface area contributed by atoms with Gasteiger partial charge in [0.05, 0.1) is 13.0 Å². The fourth-order valence-corrected chi connectivity index (χ4v) is 3.57. The van der Waals surface area contributed by atoms with Crippen molar-refractivity contribution >= 4 is 5.97 Å². The van der Waals surface area contributed by atoms with Gasteiger partial charge < -0.3 is 10.5 Å². The molecule has 2 rings (SSSR count). The highest BCUT2D eigenvalue weighted by atomic mass is 16.5. The summed E-state index contributed by atoms with van der Waals surface area (Å²) in [5, 5.41) is 0. The molecule has 4 atom stereocenters. The molecule has 3 nitrogen and oxygen atoms in total. The molecule has 0 spiro atoms. The maximum absolute atomic E-state index is 11.8. The second kappa shape index (κ2) is 2.97. The monoisotopic (exact) mass is 211 g/mol. The first-order chi connectivity index (χ1) is 6.82. The Balaban J connectivity index is 2.27. The van der Waals surface area contributed by atoms with Gasteiger partial charge in [-0.05, 0) is 37.0 Å². The van der Waals surface area contributed by atoms with E-state index >= 15 is 0 Å². The predicted octanol–water partition coefficient (Wildman–Crippen LogP) is 1.56. The van der Waals surface area contributed by atoms with Gasteiger partial charge in [0.15, 0.2) is 0 Å². The quantitative estimate of drug-likeness (QED) is 0.670. The molecule has 3 heteroatoms. The zero-order valence-corrected chi connectivity index (χ0v) is 10.0. The molecule has 0 aromatic carbocycles. The molecule has 2 fully saturated rings. The van der Waals surface area contributed by atoms with Crippen molar-refractivity contribution in [2.45, 2.75) is 39.2 Å². The standard InChI is InChI=1S/C12H21NO2/c1-11(2)7-5-6-12(3,13)9(8(7)11)10(14)15-4/h7-9H,5-6,13H2,1-4H3/t7-,8-,9-,12-/m1/s1. The van der Waals surface area contributed by atoms with Crippen molar-refractivity contribution in [3.63, 3.8) is 0 Å². The number of esters is 1. The number of ether oxygens (including phenoxy) is 1. The molecule has 15 heavy (non-hydrogen) atoms. The number of hydrogen-bond donors (Lipinski definition) is 1. The second-order valence-corrected chi connectivity index (χ2v) is 6.00. The van der Waals surface area contributed by atoms with Crippen LogP contribution in [-0.4, -0.2) is 18.6 Å². The van der Waals surface area contributed by atoms with Gasteiger partial charge in [-0.25, -0.2) is 0 Å². The zero-order chi connectivity index (χ0) is 11.4. The molecule has 2 N–H and O–H groups in total. The minimum Gasteiger partial charge on any atom is -0.469 e. The number of fused-ring (bicyclic) bond motifs is 1. The lowest BCUT2D eigenvalue weighted by molar-refractivity contribution is -0.150. The molecule has 0 bridgehead atoms. The Morgan fingerprint density at radius 2 is 2.00 bits per heavy atom. The number of methoxy groups -OCH3 is 1. The van der Waals surface area contributed by atoms with E-state index in [2.05, 4.69) is 13.8 Å². The van der Waals surface area contributed by atoms with E-state index in [1.165, 1.54) is 7.11 Å². The lowest BCUT2D eigenvalue weighted by Crippen LogP contribution is -2.51. The van der Waals surface area contributed by atoms with E-state index in [-0.39, 0.29) is 22.8 Å². The molecular formula is C12H21NO2. The summed E-state index contributed by atoms with van der Waals surface area (Å²) in [4.78, 5) is 11.8. The van der Waals surface area contributed by atoms with Gasteiger partial charge in [-0.3, -0.25) is 4.79 Å². The van der Waals surface area contributed by atoms with E-state index in [0.717, 1.165) is 12.8 Å². The van der Waals surface area contributed by atoms with Gasteiger partial charge >= 0.3 is 5.97 Å². The van der Waals surface area contributed by atoms with Crippen molar-refractivity contribution < 1.29 is 9.53 Å². The summed E-state index contributed by atoms with van der Waals surface area (Å²) in [6.45, 7) is 6.46. The average molecular weight is 211 g/mol. The number of hydrogen-bond acceptors (Lipinski definition) is 3. The predicted molar refractivity (Wildman–Crippen MR) is 58.1 cm³/mol. The highest BCUT2D eigenvalue weighted by Crippen LogP contribution is 2.68. The van der Waals surface area contributed by atoms with Crippen LogP contribution in [0.1, 0.15) is 33.6 Å². The van der Waals surface area contributed by atoms with Gasteiger partial charge in [0.1, 0.15) is 0 Å². The SMILES string of the molecule is COC(=O)[C@H]1[C@H]2[C@@H](CC[C@@]1(C)N)C2(C)C. The summed E-state index contributed by atoms with van der Waals surface area (Å²) in [7, 11) is 1.46. The van der Waals surface area contributed by atoms with Crippen LogP contribution in [-0.2, 0) is 9.53 Å². The van der Waals surface area contributed by atoms with Crippen LogP contribution in [0.25, 0.3) is 0 Å². The van der Waals surface area contributed by atoms with Crippen molar-refractivity contribution in [3.05, 3.63) is 0 Å². The summed E-state index contributed by atoms with van der Waals surface area (Å²) in [5.74, 6) is 0.850. The van der Waals surface area contributed by atoms with Gasteiger partial charge in [0, 0.05) is 5.54 Å². The van der Waals surface area contributed by atoms with E-state index in [1.54, 1.807) is 0 Å². The molecule has 0 amide bonds. The van der Waals surface area contributed by atoms with Crippen molar-refractivity contribution in [2.75, 3.05) is 7.11 Å². The summed E-state index contributed by atoms with van der Waals surface area (Å²) in [6, 6.07) is 0. The Bertz CT molecular complexity index is 296. The van der Waals surface area contributed by atoms with Crippen LogP contribution in [0, 0.1) is 23.2 Å². The van der Waals surface area contributed by atoms with Crippen LogP contribution in [0.4, 0.5) is 0 Å². The molecular weight excluding hydrogens is 190 g/mol. The first kappa shape index (κ1) is 10.9. The third-order valence-electron chi connectivity index (χ3n) is 4.66. The van der Waals surface area contributed by atoms with E-state index < -0.39 is 0 Å². The van der Waals surface area contributed by atoms with E-state index in [4.69, 9.17) is 10.5 Å². The summed E-state index contributed by atoms with van der Waals surface area (Å²) in [6.07, 6.45) is 2.08. The second-order valence-electron chi connectivity index (χ2n) is 6.00. The van der Waals surface area contributed by atoms with Gasteiger partial charge in [0.2, 0.25) is 0 Å². The molecule has 86 valence electrons. The maximum Gasteiger partial charge on any atom is 0.310 e. The van der Waals surface area contributed by atoms with Crippen molar-refractivity contribution in [1.82, 2.24) is 0 Å². The molecule has 0 heterocycles. The lowest BCUT2D eigenvalue weighted by Gasteiger charge is -2.36. The molecule has 0 aromatic rings. The van der Waals surface area contributed by atoms with Crippen molar-refractivity contribution in [3.8, 4) is 0 Å². The zero-order valence-electron chi connectivity index (χ0n) is 10.0. The topological polar surface area (TPSA) is 52.3 Å². The van der Waals surface area contributed by atoms with E-state index in [9.17, 15) is 4.79 Å². The minimum absolute atomic E-state index is 0.115. The fraction of sp³-hybridized carbons (Fsp3) is 0.917. The third-order valence-corrected chi connectivity index (χ3v) is 4.66. The highest BCUT2D eigenvalue weighted by molar-refractivity contribution is 5.75. The van der Waals surface area contributed by atoms with Crippen LogP contribution in [0.3, 0.4) is 0 Å². The highest BCUT2D eigenvalue weighted by Gasteiger charge is 2.67. The number of carbonyl (C=O) groups is 1. The van der Waals surface area contributed by atoms with Crippen molar-refractivity contribution in [2.24, 2.45) is 28.9 Å². The molecule has 0 saturated heterocycles. The van der Waals surface area contributed by atoms with Gasteiger partial charge in [-0.15, -0.1) is 0 Å².